The number of nitrogens with zero attached hydrogens (tertiary/aromatic N) is 1. The molecule has 2 bridgehead atoms. The van der Waals surface area contributed by atoms with E-state index in [4.69, 9.17) is 4.74 Å². The van der Waals surface area contributed by atoms with Crippen LogP contribution >= 0.6 is 15.9 Å². The molecule has 4 rings (SSSR count). The van der Waals surface area contributed by atoms with Crippen LogP contribution in [0.5, 0.6) is 0 Å². The molecule has 2 aromatic rings. The molecule has 0 aliphatic heterocycles. The zero-order valence-electron chi connectivity index (χ0n) is 17.7. The second-order valence-electron chi connectivity index (χ2n) is 8.53. The highest BCUT2D eigenvalue weighted by Crippen LogP contribution is 2.41. The van der Waals surface area contributed by atoms with Gasteiger partial charge in [-0.05, 0) is 47.7 Å². The van der Waals surface area contributed by atoms with E-state index in [1.807, 2.05) is 0 Å². The molecule has 2 saturated carbocycles. The Morgan fingerprint density at radius 1 is 1.09 bits per heavy atom. The Morgan fingerprint density at radius 2 is 1.76 bits per heavy atom. The van der Waals surface area contributed by atoms with Gasteiger partial charge in [0.05, 0.1) is 16.5 Å². The zero-order chi connectivity index (χ0) is 23.5. The molecule has 8 nitrogen and oxygen atoms in total. The van der Waals surface area contributed by atoms with Crippen molar-refractivity contribution in [3.05, 3.63) is 68.7 Å². The highest BCUT2D eigenvalue weighted by molar-refractivity contribution is 9.10. The van der Waals surface area contributed by atoms with Gasteiger partial charge >= 0.3 is 5.97 Å². The molecule has 0 radical (unpaired) electrons. The number of benzene rings is 2. The second kappa shape index (κ2) is 9.82. The summed E-state index contributed by atoms with van der Waals surface area (Å²) in [5.74, 6) is -1.42. The molecule has 33 heavy (non-hydrogen) atoms. The van der Waals surface area contributed by atoms with Crippen molar-refractivity contribution in [1.29, 1.82) is 0 Å². The van der Waals surface area contributed by atoms with Crippen LogP contribution in [-0.2, 0) is 19.1 Å². The minimum absolute atomic E-state index is 0.102. The number of anilines is 1. The number of carbonyl (C=O) groups excluding carboxylic acids is 3. The van der Waals surface area contributed by atoms with Gasteiger partial charge < -0.3 is 10.1 Å². The molecule has 1 N–H and O–H groups in total. The highest BCUT2D eigenvalue weighted by atomic mass is 79.9. The van der Waals surface area contributed by atoms with E-state index in [-0.39, 0.29) is 23.3 Å². The van der Waals surface area contributed by atoms with Gasteiger partial charge in [0.25, 0.3) is 11.6 Å². The van der Waals surface area contributed by atoms with E-state index < -0.39 is 28.8 Å². The Morgan fingerprint density at radius 3 is 2.36 bits per heavy atom. The number of nitro benzene ring substituents is 1. The number of nitrogens with one attached hydrogen (secondary N) is 1. The summed E-state index contributed by atoms with van der Waals surface area (Å²) < 4.78 is 6.06. The Labute approximate surface area is 199 Å². The average molecular weight is 515 g/mol. The Bertz CT molecular complexity index is 1070. The first-order chi connectivity index (χ1) is 15.8. The van der Waals surface area contributed by atoms with Crippen LogP contribution in [0.25, 0.3) is 0 Å². The number of amides is 1. The van der Waals surface area contributed by atoms with Gasteiger partial charge in [-0.15, -0.1) is 0 Å². The standard InChI is InChI=1S/C24H23BrN2O6/c25-19-13-18(27(31)32)9-10-20(19)26-23(29)22(14-5-2-1-3-6-14)33-24(30)17-11-15-7-4-8-16(12-17)21(15)28/h1-3,5-6,9-10,13,15-17,22H,4,7-8,11-12H2,(H,26,29)/t15-,16+,17?,22-/m0/s1. The van der Waals surface area contributed by atoms with Gasteiger partial charge in [-0.25, -0.2) is 0 Å². The molecule has 2 aliphatic rings. The Hall–Kier alpha value is -3.07. The number of non-ortho nitro benzene ring substituents is 1. The SMILES string of the molecule is O=C(O[C@H](C(=O)Nc1ccc([N+](=O)[O-])cc1Br)c1ccccc1)C1C[C@H]2CCC[C@@H](C1)C2=O. The van der Waals surface area contributed by atoms with Crippen LogP contribution in [0.1, 0.15) is 43.8 Å². The third-order valence-electron chi connectivity index (χ3n) is 6.38. The summed E-state index contributed by atoms with van der Waals surface area (Å²) in [5, 5.41) is 13.7. The summed E-state index contributed by atoms with van der Waals surface area (Å²) in [6.45, 7) is 0. The lowest BCUT2D eigenvalue weighted by atomic mass is 9.67. The van der Waals surface area contributed by atoms with Gasteiger partial charge in [0.2, 0.25) is 6.10 Å². The van der Waals surface area contributed by atoms with Crippen LogP contribution in [0.15, 0.2) is 53.0 Å². The fourth-order valence-corrected chi connectivity index (χ4v) is 5.17. The number of carbonyl (C=O) groups is 3. The smallest absolute Gasteiger partial charge is 0.310 e. The molecule has 2 aromatic carbocycles. The van der Waals surface area contributed by atoms with Crippen molar-refractivity contribution in [3.63, 3.8) is 0 Å². The molecule has 1 amide bonds. The first-order valence-electron chi connectivity index (χ1n) is 10.9. The number of hydrogen-bond donors (Lipinski definition) is 1. The molecule has 172 valence electrons. The molecular formula is C24H23BrN2O6. The molecule has 9 heteroatoms. The Kier molecular flexibility index (Phi) is 6.88. The molecule has 0 spiro atoms. The predicted molar refractivity (Wildman–Crippen MR) is 123 cm³/mol. The van der Waals surface area contributed by atoms with Crippen LogP contribution in [0.3, 0.4) is 0 Å². The van der Waals surface area contributed by atoms with Crippen molar-refractivity contribution < 1.29 is 24.0 Å². The lowest BCUT2D eigenvalue weighted by Gasteiger charge is -2.36. The topological polar surface area (TPSA) is 116 Å². The Balaban J connectivity index is 1.52. The van der Waals surface area contributed by atoms with Crippen LogP contribution in [-0.4, -0.2) is 22.6 Å². The molecule has 4 atom stereocenters. The molecule has 0 aromatic heterocycles. The van der Waals surface area contributed by atoms with Crippen molar-refractivity contribution in [2.45, 2.75) is 38.2 Å². The third-order valence-corrected chi connectivity index (χ3v) is 7.03. The maximum atomic E-state index is 13.2. The summed E-state index contributed by atoms with van der Waals surface area (Å²) in [5.41, 5.74) is 0.706. The van der Waals surface area contributed by atoms with Crippen molar-refractivity contribution >= 4 is 45.0 Å². The second-order valence-corrected chi connectivity index (χ2v) is 9.39. The number of esters is 1. The van der Waals surface area contributed by atoms with Crippen molar-refractivity contribution in [3.8, 4) is 0 Å². The first kappa shape index (κ1) is 23.1. The molecule has 0 saturated heterocycles. The molecule has 0 heterocycles. The molecule has 2 aliphatic carbocycles. The van der Waals surface area contributed by atoms with Crippen LogP contribution in [0, 0.1) is 27.9 Å². The van der Waals surface area contributed by atoms with Gasteiger partial charge in [0.15, 0.2) is 0 Å². The number of hydrogen-bond acceptors (Lipinski definition) is 6. The third kappa shape index (κ3) is 5.13. The summed E-state index contributed by atoms with van der Waals surface area (Å²) >= 11 is 3.24. The maximum absolute atomic E-state index is 13.2. The van der Waals surface area contributed by atoms with Crippen molar-refractivity contribution in [2.24, 2.45) is 17.8 Å². The van der Waals surface area contributed by atoms with Gasteiger partial charge in [0, 0.05) is 34.0 Å². The lowest BCUT2D eigenvalue weighted by Crippen LogP contribution is -2.40. The van der Waals surface area contributed by atoms with Gasteiger partial charge in [-0.1, -0.05) is 36.8 Å². The minimum atomic E-state index is -1.20. The van der Waals surface area contributed by atoms with Gasteiger partial charge in [-0.2, -0.15) is 0 Å². The van der Waals surface area contributed by atoms with E-state index in [2.05, 4.69) is 21.2 Å². The normalized spacial score (nSPS) is 22.8. The van der Waals surface area contributed by atoms with Crippen LogP contribution in [0.2, 0.25) is 0 Å². The van der Waals surface area contributed by atoms with Gasteiger partial charge in [0.1, 0.15) is 5.78 Å². The molecule has 1 unspecified atom stereocenters. The molecule has 2 fully saturated rings. The van der Waals surface area contributed by atoms with Crippen LogP contribution in [0.4, 0.5) is 11.4 Å². The minimum Gasteiger partial charge on any atom is -0.447 e. The van der Waals surface area contributed by atoms with Crippen molar-refractivity contribution in [1.82, 2.24) is 0 Å². The number of ketones is 1. The summed E-state index contributed by atoms with van der Waals surface area (Å²) in [6, 6.07) is 12.7. The van der Waals surface area contributed by atoms with E-state index >= 15 is 0 Å². The predicted octanol–water partition coefficient (Wildman–Crippen LogP) is 4.98. The number of ether oxygens (including phenoxy) is 1. The fourth-order valence-electron chi connectivity index (χ4n) is 4.70. The van der Waals surface area contributed by atoms with E-state index in [1.54, 1.807) is 30.3 Å². The van der Waals surface area contributed by atoms with Crippen molar-refractivity contribution in [2.75, 3.05) is 5.32 Å². The van der Waals surface area contributed by atoms with E-state index in [9.17, 15) is 24.5 Å². The number of nitro groups is 1. The summed E-state index contributed by atoms with van der Waals surface area (Å²) in [7, 11) is 0. The number of halogens is 1. The summed E-state index contributed by atoms with van der Waals surface area (Å²) in [4.78, 5) is 49.0. The number of fused-ring (bicyclic) bond motifs is 2. The summed E-state index contributed by atoms with van der Waals surface area (Å²) in [6.07, 6.45) is 2.34. The first-order valence-corrected chi connectivity index (χ1v) is 11.7. The van der Waals surface area contributed by atoms with E-state index in [0.717, 1.165) is 19.3 Å². The van der Waals surface area contributed by atoms with Gasteiger partial charge in [-0.3, -0.25) is 24.5 Å². The maximum Gasteiger partial charge on any atom is 0.310 e. The zero-order valence-corrected chi connectivity index (χ0v) is 19.3. The lowest BCUT2D eigenvalue weighted by molar-refractivity contribution is -0.384. The average Bonchev–Trinajstić information content (AvgIpc) is 2.78. The number of rotatable bonds is 6. The van der Waals surface area contributed by atoms with E-state index in [0.29, 0.717) is 28.6 Å². The fraction of sp³-hybridized carbons (Fsp3) is 0.375. The molecular weight excluding hydrogens is 492 g/mol. The van der Waals surface area contributed by atoms with Crippen LogP contribution < -0.4 is 5.32 Å². The monoisotopic (exact) mass is 514 g/mol. The number of Topliss-reactive ketones (excluding diaryl/α,β-unsaturated/α-hetero) is 1. The largest absolute Gasteiger partial charge is 0.447 e. The van der Waals surface area contributed by atoms with E-state index in [1.165, 1.54) is 18.2 Å². The quantitative estimate of drug-likeness (QED) is 0.330. The highest BCUT2D eigenvalue weighted by Gasteiger charge is 2.42.